The van der Waals surface area contributed by atoms with E-state index in [1.807, 2.05) is 57.2 Å². The van der Waals surface area contributed by atoms with Crippen LogP contribution in [0.5, 0.6) is 11.5 Å². The number of para-hydroxylation sites is 2. The minimum absolute atomic E-state index is 0.0514. The van der Waals surface area contributed by atoms with Gasteiger partial charge in [-0.2, -0.15) is 0 Å². The van der Waals surface area contributed by atoms with E-state index in [2.05, 4.69) is 5.32 Å². The Balaban J connectivity index is 2.11. The second kappa shape index (κ2) is 14.2. The van der Waals surface area contributed by atoms with Crippen LogP contribution in [0.25, 0.3) is 0 Å². The maximum absolute atomic E-state index is 14.3. The van der Waals surface area contributed by atoms with Crippen molar-refractivity contribution in [3.63, 3.8) is 0 Å². The summed E-state index contributed by atoms with van der Waals surface area (Å²) in [5, 5.41) is 3.01. The van der Waals surface area contributed by atoms with Crippen molar-refractivity contribution >= 4 is 27.5 Å². The molecule has 0 fully saturated rings. The summed E-state index contributed by atoms with van der Waals surface area (Å²) in [7, 11) is -2.37. The standard InChI is InChI=1S/C32H41N3O6S/c1-7-41-29-19-12-11-18-27(29)35(42(6,38)39)23-30(36)34(22-25-16-13-17-26(20-25)40-5)28(31(37)33-32(2,3)4)21-24-14-9-8-10-15-24/h8-20,28H,7,21-23H2,1-6H3,(H,33,37). The average Bonchev–Trinajstić information content (AvgIpc) is 2.93. The van der Waals surface area contributed by atoms with Crippen molar-refractivity contribution in [1.82, 2.24) is 10.2 Å². The van der Waals surface area contributed by atoms with Gasteiger partial charge in [-0.25, -0.2) is 8.42 Å². The van der Waals surface area contributed by atoms with E-state index in [-0.39, 0.29) is 24.6 Å². The fourth-order valence-corrected chi connectivity index (χ4v) is 5.36. The van der Waals surface area contributed by atoms with Gasteiger partial charge in [0, 0.05) is 18.5 Å². The van der Waals surface area contributed by atoms with E-state index in [4.69, 9.17) is 9.47 Å². The molecule has 3 rings (SSSR count). The molecule has 0 heterocycles. The lowest BCUT2D eigenvalue weighted by Crippen LogP contribution is -2.56. The van der Waals surface area contributed by atoms with Gasteiger partial charge in [-0.3, -0.25) is 13.9 Å². The first-order valence-corrected chi connectivity index (χ1v) is 15.6. The van der Waals surface area contributed by atoms with E-state index >= 15 is 0 Å². The molecule has 0 radical (unpaired) electrons. The second-order valence-corrected chi connectivity index (χ2v) is 12.9. The Morgan fingerprint density at radius 2 is 1.57 bits per heavy atom. The molecule has 3 aromatic carbocycles. The van der Waals surface area contributed by atoms with E-state index in [0.717, 1.165) is 21.7 Å². The van der Waals surface area contributed by atoms with Gasteiger partial charge in [0.2, 0.25) is 21.8 Å². The van der Waals surface area contributed by atoms with Gasteiger partial charge < -0.3 is 19.7 Å². The molecule has 0 aliphatic rings. The first-order valence-electron chi connectivity index (χ1n) is 13.8. The zero-order chi connectivity index (χ0) is 30.9. The van der Waals surface area contributed by atoms with Gasteiger partial charge in [0.1, 0.15) is 24.1 Å². The highest BCUT2D eigenvalue weighted by atomic mass is 32.2. The molecule has 10 heteroatoms. The molecule has 9 nitrogen and oxygen atoms in total. The van der Waals surface area contributed by atoms with E-state index in [1.54, 1.807) is 56.5 Å². The summed E-state index contributed by atoms with van der Waals surface area (Å²) in [5.74, 6) is 0.0497. The van der Waals surface area contributed by atoms with Crippen molar-refractivity contribution in [3.05, 3.63) is 90.0 Å². The third-order valence-electron chi connectivity index (χ3n) is 6.37. The molecule has 226 valence electrons. The molecular weight excluding hydrogens is 554 g/mol. The molecule has 1 N–H and O–H groups in total. The van der Waals surface area contributed by atoms with Crippen molar-refractivity contribution in [2.45, 2.75) is 52.2 Å². The average molecular weight is 596 g/mol. The third-order valence-corrected chi connectivity index (χ3v) is 7.50. The van der Waals surface area contributed by atoms with Crippen LogP contribution in [0.2, 0.25) is 0 Å². The lowest BCUT2D eigenvalue weighted by atomic mass is 10.0. The fourth-order valence-electron chi connectivity index (χ4n) is 4.51. The number of hydrogen-bond donors (Lipinski definition) is 1. The van der Waals surface area contributed by atoms with Crippen LogP contribution in [0, 0.1) is 0 Å². The molecule has 1 unspecified atom stereocenters. The summed E-state index contributed by atoms with van der Waals surface area (Å²) in [6.07, 6.45) is 1.27. The Hall–Kier alpha value is -4.05. The Bertz CT molecular complexity index is 1450. The fraction of sp³-hybridized carbons (Fsp3) is 0.375. The van der Waals surface area contributed by atoms with Crippen LogP contribution >= 0.6 is 0 Å². The lowest BCUT2D eigenvalue weighted by molar-refractivity contribution is -0.140. The number of anilines is 1. The maximum Gasteiger partial charge on any atom is 0.244 e. The van der Waals surface area contributed by atoms with Crippen LogP contribution in [0.3, 0.4) is 0 Å². The first-order chi connectivity index (χ1) is 19.8. The van der Waals surface area contributed by atoms with Crippen molar-refractivity contribution in [3.8, 4) is 11.5 Å². The van der Waals surface area contributed by atoms with Crippen LogP contribution in [0.1, 0.15) is 38.8 Å². The Labute approximate surface area is 249 Å². The SMILES string of the molecule is CCOc1ccccc1N(CC(=O)N(Cc1cccc(OC)c1)C(Cc1ccccc1)C(=O)NC(C)(C)C)S(C)(=O)=O. The molecule has 0 spiro atoms. The van der Waals surface area contributed by atoms with Crippen molar-refractivity contribution < 1.29 is 27.5 Å². The number of hydrogen-bond acceptors (Lipinski definition) is 6. The molecule has 3 aromatic rings. The number of benzene rings is 3. The number of methoxy groups -OCH3 is 1. The van der Waals surface area contributed by atoms with Crippen LogP contribution in [-0.2, 0) is 32.6 Å². The molecule has 0 aliphatic carbocycles. The Kier molecular flexibility index (Phi) is 11.0. The largest absolute Gasteiger partial charge is 0.497 e. The van der Waals surface area contributed by atoms with Crippen molar-refractivity contribution in [2.75, 3.05) is 30.8 Å². The number of sulfonamides is 1. The second-order valence-electron chi connectivity index (χ2n) is 11.0. The van der Waals surface area contributed by atoms with Gasteiger partial charge >= 0.3 is 0 Å². The molecule has 0 saturated carbocycles. The summed E-state index contributed by atoms with van der Waals surface area (Å²) < 4.78 is 38.2. The molecule has 1 atom stereocenters. The van der Waals surface area contributed by atoms with Gasteiger partial charge in [-0.05, 0) is 63.1 Å². The smallest absolute Gasteiger partial charge is 0.244 e. The van der Waals surface area contributed by atoms with Crippen LogP contribution in [0.15, 0.2) is 78.9 Å². The van der Waals surface area contributed by atoms with Gasteiger partial charge in [0.25, 0.3) is 0 Å². The number of nitrogens with zero attached hydrogens (tertiary/aromatic N) is 2. The number of amides is 2. The number of carbonyl (C=O) groups is 2. The molecule has 0 bridgehead atoms. The monoisotopic (exact) mass is 595 g/mol. The topological polar surface area (TPSA) is 105 Å². The number of rotatable bonds is 13. The zero-order valence-corrected chi connectivity index (χ0v) is 26.0. The Morgan fingerprint density at radius 3 is 2.19 bits per heavy atom. The summed E-state index contributed by atoms with van der Waals surface area (Å²) in [4.78, 5) is 29.6. The predicted octanol–water partition coefficient (Wildman–Crippen LogP) is 4.41. The zero-order valence-electron chi connectivity index (χ0n) is 25.2. The highest BCUT2D eigenvalue weighted by molar-refractivity contribution is 7.92. The molecule has 0 saturated heterocycles. The van der Waals surface area contributed by atoms with E-state index < -0.39 is 34.1 Å². The van der Waals surface area contributed by atoms with Gasteiger partial charge in [0.05, 0.1) is 25.7 Å². The molecule has 0 aromatic heterocycles. The van der Waals surface area contributed by atoms with Crippen LogP contribution < -0.4 is 19.1 Å². The molecule has 2 amide bonds. The van der Waals surface area contributed by atoms with Gasteiger partial charge in [-0.15, -0.1) is 0 Å². The van der Waals surface area contributed by atoms with E-state index in [1.165, 1.54) is 4.90 Å². The summed E-state index contributed by atoms with van der Waals surface area (Å²) in [6, 6.07) is 22.4. The van der Waals surface area contributed by atoms with Crippen molar-refractivity contribution in [1.29, 1.82) is 0 Å². The normalized spacial score (nSPS) is 12.2. The highest BCUT2D eigenvalue weighted by Crippen LogP contribution is 2.30. The Morgan fingerprint density at radius 1 is 0.929 bits per heavy atom. The summed E-state index contributed by atoms with van der Waals surface area (Å²) in [5.41, 5.74) is 1.27. The molecule has 0 aliphatic heterocycles. The lowest BCUT2D eigenvalue weighted by Gasteiger charge is -2.35. The molecular formula is C32H41N3O6S. The summed E-state index contributed by atoms with van der Waals surface area (Å²) >= 11 is 0. The predicted molar refractivity (Wildman–Crippen MR) is 165 cm³/mol. The number of carbonyl (C=O) groups excluding carboxylic acids is 2. The molecule has 42 heavy (non-hydrogen) atoms. The van der Waals surface area contributed by atoms with Crippen LogP contribution in [0.4, 0.5) is 5.69 Å². The quantitative estimate of drug-likeness (QED) is 0.314. The van der Waals surface area contributed by atoms with Crippen LogP contribution in [-0.4, -0.2) is 63.2 Å². The first kappa shape index (κ1) is 32.5. The van der Waals surface area contributed by atoms with E-state index in [9.17, 15) is 18.0 Å². The minimum Gasteiger partial charge on any atom is -0.497 e. The van der Waals surface area contributed by atoms with Gasteiger partial charge in [-0.1, -0.05) is 54.6 Å². The third kappa shape index (κ3) is 9.24. The van der Waals surface area contributed by atoms with Gasteiger partial charge in [0.15, 0.2) is 0 Å². The van der Waals surface area contributed by atoms with Crippen molar-refractivity contribution in [2.24, 2.45) is 0 Å². The number of nitrogens with one attached hydrogen (secondary N) is 1. The minimum atomic E-state index is -3.92. The summed E-state index contributed by atoms with van der Waals surface area (Å²) in [6.45, 7) is 7.25. The number of ether oxygens (including phenoxy) is 2. The highest BCUT2D eigenvalue weighted by Gasteiger charge is 2.35. The maximum atomic E-state index is 14.3. The van der Waals surface area contributed by atoms with E-state index in [0.29, 0.717) is 18.1 Å².